The number of hydrogen-bond acceptors (Lipinski definition) is 5. The molecule has 2 N–H and O–H groups in total. The van der Waals surface area contributed by atoms with Crippen molar-refractivity contribution in [3.63, 3.8) is 0 Å². The Bertz CT molecular complexity index is 1000. The quantitative estimate of drug-likeness (QED) is 0.597. The first-order chi connectivity index (χ1) is 13.8. The molecular weight excluding hydrogens is 402 g/mol. The minimum absolute atomic E-state index is 0.0459. The summed E-state index contributed by atoms with van der Waals surface area (Å²) in [5.41, 5.74) is 0.867. The maximum atomic E-state index is 12.5. The van der Waals surface area contributed by atoms with Crippen LogP contribution >= 0.6 is 11.3 Å². The average molecular weight is 420 g/mol. The molecule has 7 nitrogen and oxygen atoms in total. The van der Waals surface area contributed by atoms with Crippen molar-refractivity contribution in [2.24, 2.45) is 0 Å². The highest BCUT2D eigenvalue weighted by atomic mass is 32.1. The number of thiophene rings is 1. The lowest BCUT2D eigenvalue weighted by atomic mass is 10.2. The highest BCUT2D eigenvalue weighted by molar-refractivity contribution is 7.14. The van der Waals surface area contributed by atoms with E-state index in [0.29, 0.717) is 16.3 Å². The number of carbonyl (C=O) groups is 2. The second kappa shape index (κ2) is 8.82. The summed E-state index contributed by atoms with van der Waals surface area (Å²) < 4.78 is 31.0. The molecule has 2 heterocycles. The number of ether oxygens (including phenoxy) is 1. The highest BCUT2D eigenvalue weighted by Crippen LogP contribution is 2.31. The van der Waals surface area contributed by atoms with Crippen molar-refractivity contribution < 1.29 is 23.1 Å². The molecule has 10 heteroatoms. The van der Waals surface area contributed by atoms with E-state index in [0.717, 1.165) is 11.3 Å². The van der Waals surface area contributed by atoms with E-state index in [4.69, 9.17) is 0 Å². The summed E-state index contributed by atoms with van der Waals surface area (Å²) in [6.07, 6.45) is 3.27. The topological polar surface area (TPSA) is 85.3 Å². The van der Waals surface area contributed by atoms with E-state index in [1.54, 1.807) is 56.6 Å². The minimum Gasteiger partial charge on any atom is -0.433 e. The fourth-order valence-electron chi connectivity index (χ4n) is 2.57. The van der Waals surface area contributed by atoms with Gasteiger partial charge in [-0.25, -0.2) is 0 Å². The summed E-state index contributed by atoms with van der Waals surface area (Å²) in [5.74, 6) is -1.02. The Kier molecular flexibility index (Phi) is 6.23. The Balaban J connectivity index is 1.70. The summed E-state index contributed by atoms with van der Waals surface area (Å²) in [7, 11) is 0. The van der Waals surface area contributed by atoms with Crippen LogP contribution in [0.2, 0.25) is 0 Å². The molecule has 0 aliphatic heterocycles. The van der Waals surface area contributed by atoms with Crippen LogP contribution in [0, 0.1) is 6.92 Å². The Morgan fingerprint density at radius 2 is 1.90 bits per heavy atom. The molecule has 1 aromatic carbocycles. The first-order valence-corrected chi connectivity index (χ1v) is 9.42. The number of nitrogens with one attached hydrogen (secondary N) is 2. The van der Waals surface area contributed by atoms with Gasteiger partial charge in [0.25, 0.3) is 5.91 Å². The lowest BCUT2D eigenvalue weighted by Gasteiger charge is -2.13. The maximum Gasteiger partial charge on any atom is 0.387 e. The van der Waals surface area contributed by atoms with Gasteiger partial charge in [-0.2, -0.15) is 13.9 Å². The molecule has 1 unspecified atom stereocenters. The van der Waals surface area contributed by atoms with Crippen LogP contribution in [-0.4, -0.2) is 28.2 Å². The molecule has 3 rings (SSSR count). The fourth-order valence-corrected chi connectivity index (χ4v) is 3.41. The number of nitrogens with zero attached hydrogens (tertiary/aromatic N) is 2. The van der Waals surface area contributed by atoms with Crippen LogP contribution in [-0.2, 0) is 4.79 Å². The average Bonchev–Trinajstić information content (AvgIpc) is 3.30. The van der Waals surface area contributed by atoms with E-state index in [9.17, 15) is 18.4 Å². The van der Waals surface area contributed by atoms with Crippen molar-refractivity contribution in [1.29, 1.82) is 0 Å². The standard InChI is InChI=1S/C19H18F2N4O3S/c1-11-9-15(28-19(20)21)16(29-11)18(27)24-14-6-3-5-13(10-14)23-17(26)12(2)25-8-4-7-22-25/h3-10,12,19H,1-2H3,(H,23,26)(H,24,27). The van der Waals surface area contributed by atoms with Crippen LogP contribution < -0.4 is 15.4 Å². The van der Waals surface area contributed by atoms with E-state index in [1.165, 1.54) is 10.7 Å². The number of benzene rings is 1. The summed E-state index contributed by atoms with van der Waals surface area (Å²) in [5, 5.41) is 9.42. The molecule has 0 aliphatic carbocycles. The van der Waals surface area contributed by atoms with E-state index < -0.39 is 18.6 Å². The molecule has 0 bridgehead atoms. The Morgan fingerprint density at radius 1 is 1.17 bits per heavy atom. The van der Waals surface area contributed by atoms with Crippen LogP contribution in [0.15, 0.2) is 48.8 Å². The first kappa shape index (κ1) is 20.5. The Hall–Kier alpha value is -3.27. The Morgan fingerprint density at radius 3 is 2.55 bits per heavy atom. The predicted molar refractivity (Wildman–Crippen MR) is 106 cm³/mol. The van der Waals surface area contributed by atoms with Crippen molar-refractivity contribution in [3.8, 4) is 5.75 Å². The molecule has 0 fully saturated rings. The van der Waals surface area contributed by atoms with Crippen molar-refractivity contribution in [2.45, 2.75) is 26.5 Å². The molecule has 0 saturated heterocycles. The van der Waals surface area contributed by atoms with E-state index in [1.807, 2.05) is 0 Å². The third-order valence-electron chi connectivity index (χ3n) is 3.93. The largest absolute Gasteiger partial charge is 0.433 e. The van der Waals surface area contributed by atoms with Gasteiger partial charge in [0.05, 0.1) is 0 Å². The number of alkyl halides is 2. The van der Waals surface area contributed by atoms with Crippen LogP contribution in [0.3, 0.4) is 0 Å². The van der Waals surface area contributed by atoms with Gasteiger partial charge >= 0.3 is 6.61 Å². The Labute approximate surface area is 169 Å². The number of aryl methyl sites for hydroxylation is 1. The number of carbonyl (C=O) groups excluding carboxylic acids is 2. The van der Waals surface area contributed by atoms with Gasteiger partial charge in [0.15, 0.2) is 0 Å². The van der Waals surface area contributed by atoms with Crippen LogP contribution in [0.4, 0.5) is 20.2 Å². The lowest BCUT2D eigenvalue weighted by Crippen LogP contribution is -2.24. The second-order valence-electron chi connectivity index (χ2n) is 6.12. The fraction of sp³-hybridized carbons (Fsp3) is 0.211. The number of amides is 2. The molecule has 2 aromatic heterocycles. The van der Waals surface area contributed by atoms with Gasteiger partial charge in [-0.05, 0) is 44.2 Å². The molecule has 1 atom stereocenters. The number of anilines is 2. The lowest BCUT2D eigenvalue weighted by molar-refractivity contribution is -0.119. The second-order valence-corrected chi connectivity index (χ2v) is 7.37. The maximum absolute atomic E-state index is 12.5. The molecule has 0 aliphatic rings. The summed E-state index contributed by atoms with van der Waals surface area (Å²) >= 11 is 1.05. The number of rotatable bonds is 7. The van der Waals surface area contributed by atoms with Gasteiger partial charge in [0.1, 0.15) is 16.7 Å². The summed E-state index contributed by atoms with van der Waals surface area (Å²) in [4.78, 5) is 25.6. The van der Waals surface area contributed by atoms with Crippen molar-refractivity contribution in [2.75, 3.05) is 10.6 Å². The zero-order valence-electron chi connectivity index (χ0n) is 15.6. The van der Waals surface area contributed by atoms with E-state index in [-0.39, 0.29) is 16.5 Å². The van der Waals surface area contributed by atoms with Gasteiger partial charge in [-0.3, -0.25) is 14.3 Å². The number of halogens is 2. The van der Waals surface area contributed by atoms with E-state index in [2.05, 4.69) is 20.5 Å². The van der Waals surface area contributed by atoms with Crippen molar-refractivity contribution in [1.82, 2.24) is 9.78 Å². The third-order valence-corrected chi connectivity index (χ3v) is 4.96. The SMILES string of the molecule is Cc1cc(OC(F)F)c(C(=O)Nc2cccc(NC(=O)C(C)n3cccn3)c2)s1. The van der Waals surface area contributed by atoms with Crippen LogP contribution in [0.1, 0.15) is 27.5 Å². The predicted octanol–water partition coefficient (Wildman–Crippen LogP) is 4.31. The van der Waals surface area contributed by atoms with Gasteiger partial charge in [0.2, 0.25) is 5.91 Å². The normalized spacial score (nSPS) is 11.9. The number of hydrogen-bond donors (Lipinski definition) is 2. The molecular formula is C19H18F2N4O3S. The molecule has 2 amide bonds. The smallest absolute Gasteiger partial charge is 0.387 e. The molecule has 0 saturated carbocycles. The molecule has 0 spiro atoms. The summed E-state index contributed by atoms with van der Waals surface area (Å²) in [6, 6.07) is 9.10. The highest BCUT2D eigenvalue weighted by Gasteiger charge is 2.20. The molecule has 0 radical (unpaired) electrons. The third kappa shape index (κ3) is 5.17. The minimum atomic E-state index is -3.02. The molecule has 29 heavy (non-hydrogen) atoms. The van der Waals surface area contributed by atoms with Crippen LogP contribution in [0.5, 0.6) is 5.75 Å². The van der Waals surface area contributed by atoms with Gasteiger partial charge < -0.3 is 15.4 Å². The number of aromatic nitrogens is 2. The summed E-state index contributed by atoms with van der Waals surface area (Å²) in [6.45, 7) is 0.375. The van der Waals surface area contributed by atoms with Crippen molar-refractivity contribution in [3.05, 3.63) is 58.5 Å². The monoisotopic (exact) mass is 420 g/mol. The first-order valence-electron chi connectivity index (χ1n) is 8.60. The van der Waals surface area contributed by atoms with E-state index >= 15 is 0 Å². The molecule has 3 aromatic rings. The zero-order valence-corrected chi connectivity index (χ0v) is 16.4. The van der Waals surface area contributed by atoms with Gasteiger partial charge in [-0.15, -0.1) is 11.3 Å². The molecule has 152 valence electrons. The zero-order chi connectivity index (χ0) is 21.0. The van der Waals surface area contributed by atoms with Crippen LogP contribution in [0.25, 0.3) is 0 Å². The van der Waals surface area contributed by atoms with Crippen molar-refractivity contribution >= 4 is 34.5 Å². The van der Waals surface area contributed by atoms with Gasteiger partial charge in [0, 0.05) is 28.6 Å². The van der Waals surface area contributed by atoms with Gasteiger partial charge in [-0.1, -0.05) is 6.07 Å².